The number of carbonyl (C=O) groups excluding carboxylic acids is 3. The minimum Gasteiger partial charge on any atom is -0.383 e. The van der Waals surface area contributed by atoms with Gasteiger partial charge in [-0.15, -0.1) is 11.3 Å². The highest BCUT2D eigenvalue weighted by Crippen LogP contribution is 2.38. The number of nitrogen functional groups attached to an aromatic ring is 1. The number of hydrogen-bond acceptors (Lipinski definition) is 8. The number of thioether (sulfide) groups is 1. The van der Waals surface area contributed by atoms with E-state index < -0.39 is 23.4 Å². The van der Waals surface area contributed by atoms with Crippen LogP contribution in [0.15, 0.2) is 5.16 Å². The van der Waals surface area contributed by atoms with Crippen molar-refractivity contribution in [2.24, 2.45) is 0 Å². The molecule has 0 aromatic carbocycles. The summed E-state index contributed by atoms with van der Waals surface area (Å²) >= 11 is 2.76. The standard InChI is InChI=1S/C18H22N6O3S2/c1-3-18(2)15(26)24(17(27)22-18)23-11(25)8-28-16-20-13(19)12-9-6-4-5-7-10(9)29-14(12)21-16/h3-8H2,1-2H3,(H,22,27)(H,23,25)(H2,19,20,21). The van der Waals surface area contributed by atoms with Crippen molar-refractivity contribution in [3.05, 3.63) is 10.4 Å². The second-order valence-corrected chi connectivity index (χ2v) is 9.39. The zero-order valence-corrected chi connectivity index (χ0v) is 17.8. The topological polar surface area (TPSA) is 130 Å². The fourth-order valence-electron chi connectivity index (χ4n) is 3.54. The third kappa shape index (κ3) is 3.52. The van der Waals surface area contributed by atoms with Crippen molar-refractivity contribution in [1.29, 1.82) is 0 Å². The molecule has 4 amide bonds. The lowest BCUT2D eigenvalue weighted by Gasteiger charge is -2.19. The van der Waals surface area contributed by atoms with Crippen LogP contribution in [0.1, 0.15) is 43.6 Å². The predicted molar refractivity (Wildman–Crippen MR) is 111 cm³/mol. The van der Waals surface area contributed by atoms with E-state index in [9.17, 15) is 14.4 Å². The van der Waals surface area contributed by atoms with Gasteiger partial charge in [0.2, 0.25) is 5.91 Å². The van der Waals surface area contributed by atoms with Crippen LogP contribution in [0.2, 0.25) is 0 Å². The number of amides is 4. The first-order valence-electron chi connectivity index (χ1n) is 9.49. The number of carbonyl (C=O) groups is 3. The second kappa shape index (κ2) is 7.45. The number of nitrogens with two attached hydrogens (primary N) is 1. The van der Waals surface area contributed by atoms with Gasteiger partial charge in [0.15, 0.2) is 5.16 Å². The highest BCUT2D eigenvalue weighted by molar-refractivity contribution is 7.99. The molecule has 154 valence electrons. The maximum atomic E-state index is 12.3. The van der Waals surface area contributed by atoms with Gasteiger partial charge in [0.05, 0.1) is 11.1 Å². The Morgan fingerprint density at radius 1 is 1.34 bits per heavy atom. The lowest BCUT2D eigenvalue weighted by atomic mass is 9.97. The van der Waals surface area contributed by atoms with Gasteiger partial charge in [0.25, 0.3) is 5.91 Å². The number of imide groups is 1. The molecular formula is C18H22N6O3S2. The predicted octanol–water partition coefficient (Wildman–Crippen LogP) is 2.00. The minimum atomic E-state index is -1.00. The summed E-state index contributed by atoms with van der Waals surface area (Å²) in [4.78, 5) is 47.7. The number of nitrogens with one attached hydrogen (secondary N) is 2. The molecule has 9 nitrogen and oxygen atoms in total. The molecule has 0 radical (unpaired) electrons. The quantitative estimate of drug-likeness (QED) is 0.373. The average molecular weight is 435 g/mol. The molecular weight excluding hydrogens is 412 g/mol. The van der Waals surface area contributed by atoms with Gasteiger partial charge >= 0.3 is 6.03 Å². The monoisotopic (exact) mass is 434 g/mol. The van der Waals surface area contributed by atoms with Crippen LogP contribution >= 0.6 is 23.1 Å². The summed E-state index contributed by atoms with van der Waals surface area (Å²) in [5.74, 6) is -0.582. The molecule has 1 aliphatic heterocycles. The Labute approximate surface area is 175 Å². The summed E-state index contributed by atoms with van der Waals surface area (Å²) in [6.45, 7) is 3.42. The van der Waals surface area contributed by atoms with Crippen LogP contribution in [-0.2, 0) is 22.4 Å². The van der Waals surface area contributed by atoms with Crippen LogP contribution in [0, 0.1) is 0 Å². The molecule has 2 aliphatic rings. The first-order chi connectivity index (χ1) is 13.8. The van der Waals surface area contributed by atoms with E-state index in [1.165, 1.54) is 16.9 Å². The number of aromatic nitrogens is 2. The Balaban J connectivity index is 1.44. The molecule has 1 atom stereocenters. The summed E-state index contributed by atoms with van der Waals surface area (Å²) in [5.41, 5.74) is 8.80. The van der Waals surface area contributed by atoms with Crippen LogP contribution in [0.5, 0.6) is 0 Å². The zero-order valence-electron chi connectivity index (χ0n) is 16.2. The Kier molecular flexibility index (Phi) is 5.11. The molecule has 0 saturated carbocycles. The highest BCUT2D eigenvalue weighted by atomic mass is 32.2. The fraction of sp³-hybridized carbons (Fsp3) is 0.500. The summed E-state index contributed by atoms with van der Waals surface area (Å²) in [5, 5.41) is 4.66. The summed E-state index contributed by atoms with van der Waals surface area (Å²) < 4.78 is 0. The van der Waals surface area contributed by atoms with Gasteiger partial charge in [-0.05, 0) is 44.6 Å². The van der Waals surface area contributed by atoms with Gasteiger partial charge < -0.3 is 11.1 Å². The smallest absolute Gasteiger partial charge is 0.344 e. The van der Waals surface area contributed by atoms with Gasteiger partial charge in [0.1, 0.15) is 16.2 Å². The maximum absolute atomic E-state index is 12.3. The van der Waals surface area contributed by atoms with Gasteiger partial charge in [-0.25, -0.2) is 14.8 Å². The van der Waals surface area contributed by atoms with E-state index in [0.29, 0.717) is 17.4 Å². The first kappa shape index (κ1) is 19.9. The Bertz CT molecular complexity index is 1020. The number of thiophene rings is 1. The van der Waals surface area contributed by atoms with Crippen LogP contribution < -0.4 is 16.5 Å². The highest BCUT2D eigenvalue weighted by Gasteiger charge is 2.47. The molecule has 1 unspecified atom stereocenters. The molecule has 4 N–H and O–H groups in total. The Morgan fingerprint density at radius 2 is 2.10 bits per heavy atom. The van der Waals surface area contributed by atoms with Gasteiger partial charge in [-0.1, -0.05) is 18.7 Å². The van der Waals surface area contributed by atoms with Crippen molar-refractivity contribution in [2.45, 2.75) is 56.6 Å². The number of aryl methyl sites for hydroxylation is 2. The number of hydrogen-bond donors (Lipinski definition) is 3. The lowest BCUT2D eigenvalue weighted by molar-refractivity contribution is -0.137. The molecule has 11 heteroatoms. The van der Waals surface area contributed by atoms with E-state index in [0.717, 1.165) is 46.2 Å². The molecule has 3 heterocycles. The summed E-state index contributed by atoms with van der Waals surface area (Å²) in [6, 6.07) is -0.635. The van der Waals surface area contributed by atoms with E-state index in [1.54, 1.807) is 25.2 Å². The summed E-state index contributed by atoms with van der Waals surface area (Å²) in [7, 11) is 0. The van der Waals surface area contributed by atoms with Crippen molar-refractivity contribution in [1.82, 2.24) is 25.7 Å². The number of hydrazine groups is 1. The van der Waals surface area contributed by atoms with E-state index >= 15 is 0 Å². The van der Waals surface area contributed by atoms with Crippen molar-refractivity contribution in [3.8, 4) is 0 Å². The number of rotatable bonds is 5. The van der Waals surface area contributed by atoms with Gasteiger partial charge in [-0.3, -0.25) is 15.0 Å². The first-order valence-corrected chi connectivity index (χ1v) is 11.3. The van der Waals surface area contributed by atoms with Crippen molar-refractivity contribution in [3.63, 3.8) is 0 Å². The van der Waals surface area contributed by atoms with Gasteiger partial charge in [0, 0.05) is 4.88 Å². The number of nitrogens with zero attached hydrogens (tertiary/aromatic N) is 3. The molecule has 1 fully saturated rings. The molecule has 29 heavy (non-hydrogen) atoms. The van der Waals surface area contributed by atoms with Crippen LogP contribution in [0.3, 0.4) is 0 Å². The second-order valence-electron chi connectivity index (χ2n) is 7.36. The van der Waals surface area contributed by atoms with Crippen LogP contribution in [-0.4, -0.2) is 44.1 Å². The molecule has 1 aliphatic carbocycles. The SMILES string of the molecule is CCC1(C)NC(=O)N(NC(=O)CSc2nc(N)c3c4c(sc3n2)CCCC4)C1=O. The van der Waals surface area contributed by atoms with E-state index in [4.69, 9.17) is 5.73 Å². The number of anilines is 1. The molecule has 1 saturated heterocycles. The number of fused-ring (bicyclic) bond motifs is 3. The third-order valence-electron chi connectivity index (χ3n) is 5.36. The Morgan fingerprint density at radius 3 is 2.83 bits per heavy atom. The van der Waals surface area contributed by atoms with E-state index in [-0.39, 0.29) is 5.75 Å². The normalized spacial score (nSPS) is 21.4. The van der Waals surface area contributed by atoms with Crippen molar-refractivity contribution >= 4 is 57.0 Å². The zero-order chi connectivity index (χ0) is 20.8. The molecule has 4 rings (SSSR count). The molecule has 2 aromatic heterocycles. The van der Waals surface area contributed by atoms with E-state index in [2.05, 4.69) is 20.7 Å². The maximum Gasteiger partial charge on any atom is 0.344 e. The van der Waals surface area contributed by atoms with Crippen molar-refractivity contribution < 1.29 is 14.4 Å². The largest absolute Gasteiger partial charge is 0.383 e. The van der Waals surface area contributed by atoms with Crippen LogP contribution in [0.4, 0.5) is 10.6 Å². The average Bonchev–Trinajstić information content (AvgIpc) is 3.17. The van der Waals surface area contributed by atoms with E-state index in [1.807, 2.05) is 0 Å². The Hall–Kier alpha value is -2.40. The lowest BCUT2D eigenvalue weighted by Crippen LogP contribution is -2.49. The molecule has 0 spiro atoms. The molecule has 0 bridgehead atoms. The third-order valence-corrected chi connectivity index (χ3v) is 7.39. The molecule has 2 aromatic rings. The fourth-order valence-corrected chi connectivity index (χ4v) is 5.51. The van der Waals surface area contributed by atoms with Crippen LogP contribution in [0.25, 0.3) is 10.2 Å². The van der Waals surface area contributed by atoms with Crippen molar-refractivity contribution in [2.75, 3.05) is 11.5 Å². The summed E-state index contributed by atoms with van der Waals surface area (Å²) in [6.07, 6.45) is 4.80. The number of urea groups is 1. The minimum absolute atomic E-state index is 0.0457. The van der Waals surface area contributed by atoms with Gasteiger partial charge in [-0.2, -0.15) is 5.01 Å².